The summed E-state index contributed by atoms with van der Waals surface area (Å²) in [6, 6.07) is 3.70. The summed E-state index contributed by atoms with van der Waals surface area (Å²) in [5, 5.41) is 0. The third-order valence-corrected chi connectivity index (χ3v) is 8.40. The third kappa shape index (κ3) is 5.55. The highest BCUT2D eigenvalue weighted by Crippen LogP contribution is 2.42. The van der Waals surface area contributed by atoms with Crippen molar-refractivity contribution in [2.24, 2.45) is 11.8 Å². The summed E-state index contributed by atoms with van der Waals surface area (Å²) in [5.41, 5.74) is 1.09. The van der Waals surface area contributed by atoms with Crippen LogP contribution < -0.4 is 0 Å². The van der Waals surface area contributed by atoms with Gasteiger partial charge < -0.3 is 9.47 Å². The van der Waals surface area contributed by atoms with Crippen molar-refractivity contribution in [2.45, 2.75) is 115 Å². The van der Waals surface area contributed by atoms with Crippen LogP contribution in [0.1, 0.15) is 114 Å². The molecule has 180 valence electrons. The van der Waals surface area contributed by atoms with Crippen LogP contribution in [0.3, 0.4) is 0 Å². The van der Waals surface area contributed by atoms with E-state index in [0.29, 0.717) is 29.8 Å². The van der Waals surface area contributed by atoms with E-state index in [1.54, 1.807) is 0 Å². The van der Waals surface area contributed by atoms with E-state index in [4.69, 9.17) is 9.47 Å². The molecule has 32 heavy (non-hydrogen) atoms. The zero-order valence-corrected chi connectivity index (χ0v) is 20.1. The van der Waals surface area contributed by atoms with E-state index in [-0.39, 0.29) is 17.9 Å². The van der Waals surface area contributed by atoms with Crippen molar-refractivity contribution in [3.63, 3.8) is 0 Å². The first-order chi connectivity index (χ1) is 15.6. The summed E-state index contributed by atoms with van der Waals surface area (Å²) >= 11 is 0. The van der Waals surface area contributed by atoms with Gasteiger partial charge in [0.15, 0.2) is 11.6 Å². The van der Waals surface area contributed by atoms with Crippen LogP contribution in [0.4, 0.5) is 8.78 Å². The lowest BCUT2D eigenvalue weighted by molar-refractivity contribution is -0.0576. The van der Waals surface area contributed by atoms with Crippen LogP contribution >= 0.6 is 0 Å². The van der Waals surface area contributed by atoms with E-state index in [1.165, 1.54) is 25.7 Å². The monoisotopic (exact) mass is 448 g/mol. The van der Waals surface area contributed by atoms with Crippen LogP contribution in [0.5, 0.6) is 0 Å². The molecule has 1 aliphatic carbocycles. The predicted molar refractivity (Wildman–Crippen MR) is 125 cm³/mol. The molecule has 0 amide bonds. The first-order valence-electron chi connectivity index (χ1n) is 13.3. The molecule has 2 nitrogen and oxygen atoms in total. The summed E-state index contributed by atoms with van der Waals surface area (Å²) in [4.78, 5) is 0. The summed E-state index contributed by atoms with van der Waals surface area (Å²) in [5.74, 6) is 0.166. The zero-order valence-electron chi connectivity index (χ0n) is 20.1. The van der Waals surface area contributed by atoms with Crippen molar-refractivity contribution >= 4 is 0 Å². The van der Waals surface area contributed by atoms with Crippen molar-refractivity contribution in [3.8, 4) is 0 Å². The van der Waals surface area contributed by atoms with Gasteiger partial charge in [0.05, 0.1) is 18.8 Å². The molecule has 1 aromatic rings. The minimum absolute atomic E-state index is 0.0256. The molecule has 0 spiro atoms. The number of benzene rings is 1. The highest BCUT2D eigenvalue weighted by Gasteiger charge is 2.34. The highest BCUT2D eigenvalue weighted by molar-refractivity contribution is 5.32. The molecule has 4 unspecified atom stereocenters. The molecule has 1 aromatic carbocycles. The van der Waals surface area contributed by atoms with Crippen LogP contribution in [-0.4, -0.2) is 25.4 Å². The third-order valence-electron chi connectivity index (χ3n) is 8.40. The maximum atomic E-state index is 15.1. The van der Waals surface area contributed by atoms with Crippen molar-refractivity contribution in [1.82, 2.24) is 0 Å². The fraction of sp³-hybridized carbons (Fsp3) is 0.786. The molecule has 1 saturated carbocycles. The molecule has 3 fully saturated rings. The first-order valence-corrected chi connectivity index (χ1v) is 13.3. The second-order valence-electron chi connectivity index (χ2n) is 10.6. The van der Waals surface area contributed by atoms with Gasteiger partial charge in [-0.25, -0.2) is 8.78 Å². The lowest BCUT2D eigenvalue weighted by Gasteiger charge is -2.38. The minimum Gasteiger partial charge on any atom is -0.378 e. The Balaban J connectivity index is 1.32. The van der Waals surface area contributed by atoms with Crippen LogP contribution in [0.2, 0.25) is 0 Å². The van der Waals surface area contributed by atoms with E-state index in [1.807, 2.05) is 12.1 Å². The molecule has 0 aromatic heterocycles. The minimum atomic E-state index is -0.634. The lowest BCUT2D eigenvalue weighted by atomic mass is 9.74. The van der Waals surface area contributed by atoms with E-state index in [9.17, 15) is 0 Å². The Morgan fingerprint density at radius 2 is 1.38 bits per heavy atom. The number of rotatable bonds is 7. The second kappa shape index (κ2) is 11.4. The Morgan fingerprint density at radius 3 is 1.94 bits per heavy atom. The molecule has 2 aliphatic heterocycles. The van der Waals surface area contributed by atoms with Gasteiger partial charge in [-0.3, -0.25) is 0 Å². The number of ether oxygens (including phenoxy) is 2. The molecule has 0 bridgehead atoms. The number of halogens is 2. The summed E-state index contributed by atoms with van der Waals surface area (Å²) in [6.07, 6.45) is 13.6. The van der Waals surface area contributed by atoms with E-state index >= 15 is 8.78 Å². The fourth-order valence-corrected chi connectivity index (χ4v) is 6.45. The predicted octanol–water partition coefficient (Wildman–Crippen LogP) is 7.90. The second-order valence-corrected chi connectivity index (χ2v) is 10.6. The maximum Gasteiger partial charge on any atom is 0.162 e. The Labute approximate surface area is 193 Å². The van der Waals surface area contributed by atoms with Crippen molar-refractivity contribution in [1.29, 1.82) is 0 Å². The standard InChI is InChI=1S/C28H42F2O2/c1-3-5-19-7-16-26(32-17-19)21-10-8-20(9-11-21)24-14-15-25(28(30)27(24)29)22-12-13-23(6-4-2)31-18-22/h14-15,19-23,26H,3-13,16-18H2,1-2H3. The smallest absolute Gasteiger partial charge is 0.162 e. The van der Waals surface area contributed by atoms with Gasteiger partial charge >= 0.3 is 0 Å². The van der Waals surface area contributed by atoms with Crippen molar-refractivity contribution in [3.05, 3.63) is 34.9 Å². The van der Waals surface area contributed by atoms with E-state index < -0.39 is 11.6 Å². The van der Waals surface area contributed by atoms with Crippen molar-refractivity contribution in [2.75, 3.05) is 13.2 Å². The SMILES string of the molecule is CCCC1CCC(C2CCC(c3ccc(C4CCC(CCC)OC4)c(F)c3F)CC2)OC1. The average molecular weight is 449 g/mol. The van der Waals surface area contributed by atoms with Gasteiger partial charge in [-0.15, -0.1) is 0 Å². The van der Waals surface area contributed by atoms with Gasteiger partial charge in [0.1, 0.15) is 0 Å². The lowest BCUT2D eigenvalue weighted by Crippen LogP contribution is -2.34. The average Bonchev–Trinajstić information content (AvgIpc) is 2.83. The quantitative estimate of drug-likeness (QED) is 0.422. The Hall–Kier alpha value is -1.00. The van der Waals surface area contributed by atoms with Crippen LogP contribution in [0.15, 0.2) is 12.1 Å². The topological polar surface area (TPSA) is 18.5 Å². The molecule has 4 rings (SSSR count). The molecule has 4 atom stereocenters. The molecule has 3 aliphatic rings. The number of hydrogen-bond acceptors (Lipinski definition) is 2. The molecule has 0 N–H and O–H groups in total. The molecule has 2 saturated heterocycles. The van der Waals surface area contributed by atoms with Gasteiger partial charge in [-0.05, 0) is 93.1 Å². The highest BCUT2D eigenvalue weighted by atomic mass is 19.2. The van der Waals surface area contributed by atoms with Crippen molar-refractivity contribution < 1.29 is 18.3 Å². The molecular weight excluding hydrogens is 406 g/mol. The van der Waals surface area contributed by atoms with Gasteiger partial charge in [0, 0.05) is 12.5 Å². The van der Waals surface area contributed by atoms with Crippen LogP contribution in [0, 0.1) is 23.5 Å². The normalized spacial score (nSPS) is 33.9. The summed E-state index contributed by atoms with van der Waals surface area (Å²) in [7, 11) is 0. The van der Waals surface area contributed by atoms with Gasteiger partial charge in [0.2, 0.25) is 0 Å². The van der Waals surface area contributed by atoms with Crippen LogP contribution in [-0.2, 0) is 9.47 Å². The number of hydrogen-bond donors (Lipinski definition) is 0. The molecule has 0 radical (unpaired) electrons. The summed E-state index contributed by atoms with van der Waals surface area (Å²) < 4.78 is 42.3. The maximum absolute atomic E-state index is 15.1. The molecule has 2 heterocycles. The van der Waals surface area contributed by atoms with Gasteiger partial charge in [0.25, 0.3) is 0 Å². The summed E-state index contributed by atoms with van der Waals surface area (Å²) in [6.45, 7) is 5.81. The Bertz CT molecular complexity index is 712. The molecule has 4 heteroatoms. The van der Waals surface area contributed by atoms with E-state index in [2.05, 4.69) is 13.8 Å². The fourth-order valence-electron chi connectivity index (χ4n) is 6.45. The van der Waals surface area contributed by atoms with Gasteiger partial charge in [-0.2, -0.15) is 0 Å². The van der Waals surface area contributed by atoms with E-state index in [0.717, 1.165) is 63.9 Å². The zero-order chi connectivity index (χ0) is 22.5. The first kappa shape index (κ1) is 24.1. The Kier molecular flexibility index (Phi) is 8.61. The van der Waals surface area contributed by atoms with Crippen LogP contribution in [0.25, 0.3) is 0 Å². The Morgan fingerprint density at radius 1 is 0.719 bits per heavy atom. The van der Waals surface area contributed by atoms with Gasteiger partial charge in [-0.1, -0.05) is 38.8 Å². The molecular formula is C28H42F2O2. The largest absolute Gasteiger partial charge is 0.378 e.